The van der Waals surface area contributed by atoms with Gasteiger partial charge in [-0.15, -0.1) is 16.4 Å². The lowest BCUT2D eigenvalue weighted by Gasteiger charge is -2.16. The Bertz CT molecular complexity index is 1320. The van der Waals surface area contributed by atoms with Crippen molar-refractivity contribution in [2.75, 3.05) is 23.9 Å². The summed E-state index contributed by atoms with van der Waals surface area (Å²) in [6.45, 7) is 0.293. The molecule has 8 nitrogen and oxygen atoms in total. The van der Waals surface area contributed by atoms with Crippen LogP contribution < -0.4 is 15.0 Å². The number of hydrogen-bond donors (Lipinski definition) is 1. The summed E-state index contributed by atoms with van der Waals surface area (Å²) in [6, 6.07) is 14.6. The van der Waals surface area contributed by atoms with Crippen LogP contribution in [0.25, 0.3) is 16.2 Å². The normalized spacial score (nSPS) is 16.0. The van der Waals surface area contributed by atoms with E-state index in [1.807, 2.05) is 29.6 Å². The number of benzene rings is 2. The van der Waals surface area contributed by atoms with Crippen LogP contribution >= 0.6 is 22.9 Å². The van der Waals surface area contributed by atoms with Crippen LogP contribution in [-0.2, 0) is 9.59 Å². The van der Waals surface area contributed by atoms with Gasteiger partial charge in [-0.05, 0) is 36.4 Å². The van der Waals surface area contributed by atoms with E-state index >= 15 is 0 Å². The summed E-state index contributed by atoms with van der Waals surface area (Å²) in [5.74, 6) is 0.0421. The fourth-order valence-corrected chi connectivity index (χ4v) is 4.69. The van der Waals surface area contributed by atoms with Crippen molar-refractivity contribution in [2.24, 2.45) is 5.92 Å². The van der Waals surface area contributed by atoms with Crippen LogP contribution in [0.15, 0.2) is 53.9 Å². The highest BCUT2D eigenvalue weighted by Crippen LogP contribution is 2.33. The van der Waals surface area contributed by atoms with Gasteiger partial charge >= 0.3 is 0 Å². The molecule has 0 spiro atoms. The summed E-state index contributed by atoms with van der Waals surface area (Å²) >= 11 is 7.34. The Hall–Kier alpha value is -3.43. The van der Waals surface area contributed by atoms with Gasteiger partial charge in [-0.25, -0.2) is 4.52 Å². The molecule has 2 aromatic heterocycles. The molecule has 1 unspecified atom stereocenters. The van der Waals surface area contributed by atoms with Gasteiger partial charge in [0.25, 0.3) is 0 Å². The average molecular weight is 468 g/mol. The van der Waals surface area contributed by atoms with Crippen LogP contribution in [0.2, 0.25) is 5.02 Å². The molecule has 1 saturated heterocycles. The largest absolute Gasteiger partial charge is 0.496 e. The molecule has 1 N–H and O–H groups in total. The minimum absolute atomic E-state index is 0.107. The summed E-state index contributed by atoms with van der Waals surface area (Å²) in [5.41, 5.74) is 2.42. The topological polar surface area (TPSA) is 88.8 Å². The first-order valence-corrected chi connectivity index (χ1v) is 11.1. The fraction of sp³-hybridized carbons (Fsp3) is 0.182. The predicted molar refractivity (Wildman–Crippen MR) is 123 cm³/mol. The first kappa shape index (κ1) is 20.5. The third-order valence-corrected chi connectivity index (χ3v) is 6.40. The van der Waals surface area contributed by atoms with Crippen molar-refractivity contribution in [3.05, 3.63) is 58.9 Å². The lowest BCUT2D eigenvalue weighted by atomic mass is 10.1. The van der Waals surface area contributed by atoms with Crippen LogP contribution in [-0.4, -0.2) is 40.1 Å². The van der Waals surface area contributed by atoms with Crippen LogP contribution in [0.4, 0.5) is 11.6 Å². The molecule has 0 saturated carbocycles. The number of halogens is 1. The molecule has 1 atom stereocenters. The molecule has 1 fully saturated rings. The van der Waals surface area contributed by atoms with Crippen LogP contribution in [0, 0.1) is 5.92 Å². The van der Waals surface area contributed by atoms with Crippen molar-refractivity contribution in [2.45, 2.75) is 6.42 Å². The monoisotopic (exact) mass is 467 g/mol. The van der Waals surface area contributed by atoms with Gasteiger partial charge in [0.15, 0.2) is 0 Å². The van der Waals surface area contributed by atoms with E-state index in [-0.39, 0.29) is 24.2 Å². The molecule has 5 rings (SSSR count). The lowest BCUT2D eigenvalue weighted by molar-refractivity contribution is -0.122. The molecule has 4 aromatic rings. The Labute approximate surface area is 192 Å². The Morgan fingerprint density at radius 2 is 2.00 bits per heavy atom. The lowest BCUT2D eigenvalue weighted by Crippen LogP contribution is -2.28. The highest BCUT2D eigenvalue weighted by atomic mass is 35.5. The molecular formula is C22H18ClN5O3S. The molecular weight excluding hydrogens is 450 g/mol. The van der Waals surface area contributed by atoms with Gasteiger partial charge in [-0.2, -0.15) is 4.98 Å². The van der Waals surface area contributed by atoms with E-state index in [4.69, 9.17) is 16.3 Å². The molecule has 2 amide bonds. The van der Waals surface area contributed by atoms with Crippen molar-refractivity contribution >= 4 is 51.3 Å². The summed E-state index contributed by atoms with van der Waals surface area (Å²) in [7, 11) is 1.62. The van der Waals surface area contributed by atoms with Gasteiger partial charge < -0.3 is 9.64 Å². The number of amides is 2. The number of nitrogens with one attached hydrogen (secondary N) is 1. The number of methoxy groups -OCH3 is 1. The third-order valence-electron chi connectivity index (χ3n) is 5.33. The van der Waals surface area contributed by atoms with Crippen LogP contribution in [0.1, 0.15) is 6.42 Å². The Morgan fingerprint density at radius 1 is 1.22 bits per heavy atom. The Balaban J connectivity index is 1.34. The second kappa shape index (κ2) is 8.25. The van der Waals surface area contributed by atoms with Crippen molar-refractivity contribution in [1.82, 2.24) is 14.6 Å². The standard InChI is InChI=1S/C22H18ClN5O3S/c1-31-18-5-3-2-4-16(18)17-12-32-22-25-21(26-28(17)22)24-20(30)13-10-19(29)27(11-13)15-8-6-14(23)7-9-15/h2-9,12-13H,10-11H2,1H3,(H,24,26,30). The van der Waals surface area contributed by atoms with E-state index < -0.39 is 5.92 Å². The van der Waals surface area contributed by atoms with Gasteiger partial charge in [0.05, 0.1) is 18.7 Å². The maximum Gasteiger partial charge on any atom is 0.250 e. The summed E-state index contributed by atoms with van der Waals surface area (Å²) < 4.78 is 7.13. The SMILES string of the molecule is COc1ccccc1-c1csc2nc(NC(=O)C3CC(=O)N(c4ccc(Cl)cc4)C3)nn12. The van der Waals surface area contributed by atoms with E-state index in [0.717, 1.165) is 22.7 Å². The number of rotatable bonds is 5. The van der Waals surface area contributed by atoms with Gasteiger partial charge in [0.2, 0.25) is 22.7 Å². The van der Waals surface area contributed by atoms with Gasteiger partial charge in [0.1, 0.15) is 5.75 Å². The van der Waals surface area contributed by atoms with E-state index in [2.05, 4.69) is 15.4 Å². The zero-order valence-corrected chi connectivity index (χ0v) is 18.6. The minimum atomic E-state index is -0.492. The molecule has 1 aliphatic heterocycles. The Kier molecular flexibility index (Phi) is 5.28. The third kappa shape index (κ3) is 3.69. The number of anilines is 2. The van der Waals surface area contributed by atoms with Crippen molar-refractivity contribution < 1.29 is 14.3 Å². The van der Waals surface area contributed by atoms with E-state index in [9.17, 15) is 9.59 Å². The number of ether oxygens (including phenoxy) is 1. The molecule has 32 heavy (non-hydrogen) atoms. The van der Waals surface area contributed by atoms with Crippen LogP contribution in [0.3, 0.4) is 0 Å². The molecule has 0 aliphatic carbocycles. The fourth-order valence-electron chi connectivity index (χ4n) is 3.74. The molecule has 0 radical (unpaired) electrons. The Morgan fingerprint density at radius 3 is 2.78 bits per heavy atom. The second-order valence-electron chi connectivity index (χ2n) is 7.32. The predicted octanol–water partition coefficient (Wildman–Crippen LogP) is 4.11. The summed E-state index contributed by atoms with van der Waals surface area (Å²) in [4.78, 5) is 31.9. The highest BCUT2D eigenvalue weighted by molar-refractivity contribution is 7.15. The molecule has 10 heteroatoms. The smallest absolute Gasteiger partial charge is 0.250 e. The molecule has 162 valence electrons. The zero-order valence-electron chi connectivity index (χ0n) is 17.0. The molecule has 2 aromatic carbocycles. The first-order chi connectivity index (χ1) is 15.5. The second-order valence-corrected chi connectivity index (χ2v) is 8.60. The van der Waals surface area contributed by atoms with E-state index in [1.165, 1.54) is 11.3 Å². The number of thiazole rings is 1. The molecule has 0 bridgehead atoms. The van der Waals surface area contributed by atoms with Crippen molar-refractivity contribution in [1.29, 1.82) is 0 Å². The van der Waals surface area contributed by atoms with Gasteiger partial charge in [-0.3, -0.25) is 14.9 Å². The van der Waals surface area contributed by atoms with E-state index in [0.29, 0.717) is 16.5 Å². The van der Waals surface area contributed by atoms with Crippen LogP contribution in [0.5, 0.6) is 5.75 Å². The molecule has 1 aliphatic rings. The number of carbonyl (C=O) groups excluding carboxylic acids is 2. The minimum Gasteiger partial charge on any atom is -0.496 e. The maximum atomic E-state index is 12.8. The van der Waals surface area contributed by atoms with Gasteiger partial charge in [-0.1, -0.05) is 23.7 Å². The summed E-state index contributed by atoms with van der Waals surface area (Å²) in [6.07, 6.45) is 0.128. The number of para-hydroxylation sites is 1. The zero-order chi connectivity index (χ0) is 22.2. The number of hydrogen-bond acceptors (Lipinski definition) is 6. The quantitative estimate of drug-likeness (QED) is 0.477. The van der Waals surface area contributed by atoms with E-state index in [1.54, 1.807) is 40.8 Å². The maximum absolute atomic E-state index is 12.8. The number of aromatic nitrogens is 3. The molecule has 3 heterocycles. The van der Waals surface area contributed by atoms with Crippen molar-refractivity contribution in [3.8, 4) is 17.0 Å². The van der Waals surface area contributed by atoms with Crippen molar-refractivity contribution in [3.63, 3.8) is 0 Å². The highest BCUT2D eigenvalue weighted by Gasteiger charge is 2.35. The number of fused-ring (bicyclic) bond motifs is 1. The summed E-state index contributed by atoms with van der Waals surface area (Å²) in [5, 5.41) is 9.75. The first-order valence-electron chi connectivity index (χ1n) is 9.88. The average Bonchev–Trinajstić information content (AvgIpc) is 3.48. The number of carbonyl (C=O) groups is 2. The number of nitrogens with zero attached hydrogens (tertiary/aromatic N) is 4. The van der Waals surface area contributed by atoms with Gasteiger partial charge in [0, 0.05) is 34.6 Å².